The molecule has 0 unspecified atom stereocenters. The Kier molecular flexibility index (Phi) is 3.55. The fourth-order valence-corrected chi connectivity index (χ4v) is 2.62. The van der Waals surface area contributed by atoms with Crippen LogP contribution in [0.5, 0.6) is 5.75 Å². The number of nitrogens with one attached hydrogen (secondary N) is 2. The van der Waals surface area contributed by atoms with E-state index in [1.807, 2.05) is 48.7 Å². The summed E-state index contributed by atoms with van der Waals surface area (Å²) in [6.45, 7) is 0. The number of methoxy groups -OCH3 is 1. The van der Waals surface area contributed by atoms with Crippen molar-refractivity contribution in [2.45, 2.75) is 0 Å². The summed E-state index contributed by atoms with van der Waals surface area (Å²) in [6.07, 6.45) is 5.33. The monoisotopic (exact) mass is 317 g/mol. The summed E-state index contributed by atoms with van der Waals surface area (Å²) in [5, 5.41) is 4.11. The van der Waals surface area contributed by atoms with Gasteiger partial charge in [-0.2, -0.15) is 0 Å². The normalized spacial score (nSPS) is 10.7. The Morgan fingerprint density at radius 2 is 1.83 bits per heavy atom. The fraction of sp³-hybridized carbons (Fsp3) is 0.0556. The van der Waals surface area contributed by atoms with E-state index in [0.29, 0.717) is 5.95 Å². The molecule has 118 valence electrons. The number of benzene rings is 1. The predicted molar refractivity (Wildman–Crippen MR) is 93.4 cm³/mol. The molecular weight excluding hydrogens is 302 g/mol. The van der Waals surface area contributed by atoms with Crippen LogP contribution in [-0.2, 0) is 0 Å². The predicted octanol–water partition coefficient (Wildman–Crippen LogP) is 3.77. The number of nitrogens with zero attached hydrogens (tertiary/aromatic N) is 3. The third-order valence-electron chi connectivity index (χ3n) is 3.72. The lowest BCUT2D eigenvalue weighted by Crippen LogP contribution is -1.97. The van der Waals surface area contributed by atoms with Crippen molar-refractivity contribution in [3.05, 3.63) is 61.1 Å². The third-order valence-corrected chi connectivity index (χ3v) is 3.72. The van der Waals surface area contributed by atoms with Gasteiger partial charge in [0.25, 0.3) is 0 Å². The van der Waals surface area contributed by atoms with Gasteiger partial charge in [0.15, 0.2) is 0 Å². The fourth-order valence-electron chi connectivity index (χ4n) is 2.62. The number of H-pyrrole nitrogens is 1. The molecule has 4 aromatic rings. The van der Waals surface area contributed by atoms with E-state index in [-0.39, 0.29) is 0 Å². The molecule has 0 radical (unpaired) electrons. The molecule has 6 nitrogen and oxygen atoms in total. The molecule has 1 aromatic carbocycles. The lowest BCUT2D eigenvalue weighted by Gasteiger charge is -2.07. The van der Waals surface area contributed by atoms with E-state index in [0.717, 1.165) is 33.7 Å². The molecule has 0 fully saturated rings. The zero-order valence-corrected chi connectivity index (χ0v) is 13.0. The van der Waals surface area contributed by atoms with Gasteiger partial charge in [-0.25, -0.2) is 15.0 Å². The maximum atomic E-state index is 5.45. The Morgan fingerprint density at radius 3 is 2.67 bits per heavy atom. The van der Waals surface area contributed by atoms with Crippen LogP contribution in [0.2, 0.25) is 0 Å². The first-order valence-electron chi connectivity index (χ1n) is 7.51. The van der Waals surface area contributed by atoms with Gasteiger partial charge >= 0.3 is 0 Å². The Bertz CT molecular complexity index is 981. The van der Waals surface area contributed by atoms with Gasteiger partial charge in [0, 0.05) is 29.8 Å². The van der Waals surface area contributed by atoms with Gasteiger partial charge in [-0.3, -0.25) is 0 Å². The molecule has 24 heavy (non-hydrogen) atoms. The minimum absolute atomic E-state index is 0.538. The van der Waals surface area contributed by atoms with Gasteiger partial charge in [-0.15, -0.1) is 0 Å². The smallest absolute Gasteiger partial charge is 0.227 e. The number of anilines is 2. The summed E-state index contributed by atoms with van der Waals surface area (Å²) in [5.74, 6) is 1.29. The number of aromatic nitrogens is 4. The molecule has 0 atom stereocenters. The maximum Gasteiger partial charge on any atom is 0.227 e. The molecule has 0 saturated heterocycles. The van der Waals surface area contributed by atoms with Crippen LogP contribution in [-0.4, -0.2) is 27.0 Å². The quantitative estimate of drug-likeness (QED) is 0.599. The SMILES string of the molecule is COc1ccnc2[nH]cc(-c3ccnc(Nc4ccccc4)n3)c12. The number of pyridine rings is 1. The summed E-state index contributed by atoms with van der Waals surface area (Å²) in [7, 11) is 1.65. The van der Waals surface area contributed by atoms with Crippen molar-refractivity contribution in [3.8, 4) is 17.0 Å². The van der Waals surface area contributed by atoms with E-state index in [2.05, 4.69) is 25.3 Å². The molecule has 0 aliphatic heterocycles. The molecule has 6 heteroatoms. The van der Waals surface area contributed by atoms with Crippen molar-refractivity contribution in [2.24, 2.45) is 0 Å². The highest BCUT2D eigenvalue weighted by Gasteiger charge is 2.13. The molecular formula is C18H15N5O. The second kappa shape index (κ2) is 6.00. The van der Waals surface area contributed by atoms with Crippen molar-refractivity contribution in [3.63, 3.8) is 0 Å². The minimum Gasteiger partial charge on any atom is -0.496 e. The summed E-state index contributed by atoms with van der Waals surface area (Å²) >= 11 is 0. The number of fused-ring (bicyclic) bond motifs is 1. The molecule has 0 aliphatic carbocycles. The van der Waals surface area contributed by atoms with Crippen molar-refractivity contribution in [2.75, 3.05) is 12.4 Å². The molecule has 2 N–H and O–H groups in total. The van der Waals surface area contributed by atoms with Crippen LogP contribution in [0.1, 0.15) is 0 Å². The van der Waals surface area contributed by atoms with Gasteiger partial charge in [-0.1, -0.05) is 18.2 Å². The molecule has 0 bridgehead atoms. The average Bonchev–Trinajstić information content (AvgIpc) is 3.07. The van der Waals surface area contributed by atoms with Crippen LogP contribution in [0.15, 0.2) is 61.1 Å². The zero-order chi connectivity index (χ0) is 16.4. The van der Waals surface area contributed by atoms with Crippen LogP contribution in [0, 0.1) is 0 Å². The van der Waals surface area contributed by atoms with Gasteiger partial charge < -0.3 is 15.0 Å². The summed E-state index contributed by atoms with van der Waals surface area (Å²) in [4.78, 5) is 16.4. The lowest BCUT2D eigenvalue weighted by molar-refractivity contribution is 0.419. The molecule has 4 rings (SSSR count). The maximum absolute atomic E-state index is 5.45. The van der Waals surface area contributed by atoms with E-state index in [1.165, 1.54) is 0 Å². The van der Waals surface area contributed by atoms with Crippen molar-refractivity contribution >= 4 is 22.7 Å². The van der Waals surface area contributed by atoms with Crippen molar-refractivity contribution < 1.29 is 4.74 Å². The van der Waals surface area contributed by atoms with E-state index in [9.17, 15) is 0 Å². The van der Waals surface area contributed by atoms with E-state index >= 15 is 0 Å². The molecule has 0 amide bonds. The number of ether oxygens (including phenoxy) is 1. The first-order valence-corrected chi connectivity index (χ1v) is 7.51. The van der Waals surface area contributed by atoms with Gasteiger partial charge in [0.1, 0.15) is 11.4 Å². The van der Waals surface area contributed by atoms with Crippen LogP contribution in [0.25, 0.3) is 22.3 Å². The van der Waals surface area contributed by atoms with E-state index < -0.39 is 0 Å². The van der Waals surface area contributed by atoms with Crippen LogP contribution < -0.4 is 10.1 Å². The van der Waals surface area contributed by atoms with E-state index in [4.69, 9.17) is 4.74 Å². The van der Waals surface area contributed by atoms with E-state index in [1.54, 1.807) is 19.5 Å². The summed E-state index contributed by atoms with van der Waals surface area (Å²) in [5.41, 5.74) is 3.42. The second-order valence-electron chi connectivity index (χ2n) is 5.20. The van der Waals surface area contributed by atoms with Gasteiger partial charge in [0.2, 0.25) is 5.95 Å². The highest BCUT2D eigenvalue weighted by atomic mass is 16.5. The molecule has 3 aromatic heterocycles. The number of rotatable bonds is 4. The first kappa shape index (κ1) is 14.2. The van der Waals surface area contributed by atoms with Crippen molar-refractivity contribution in [1.29, 1.82) is 0 Å². The number of hydrogen-bond donors (Lipinski definition) is 2. The number of hydrogen-bond acceptors (Lipinski definition) is 5. The molecule has 0 saturated carbocycles. The highest BCUT2D eigenvalue weighted by molar-refractivity contribution is 5.97. The molecule has 3 heterocycles. The zero-order valence-electron chi connectivity index (χ0n) is 13.0. The summed E-state index contributed by atoms with van der Waals surface area (Å²) in [6, 6.07) is 13.5. The molecule has 0 aliphatic rings. The third kappa shape index (κ3) is 2.54. The van der Waals surface area contributed by atoms with Crippen LogP contribution >= 0.6 is 0 Å². The standard InChI is InChI=1S/C18H15N5O/c1-24-15-8-10-19-17-16(15)13(11-21-17)14-7-9-20-18(23-14)22-12-5-3-2-4-6-12/h2-11H,1H3,(H,19,21)(H,20,22,23). The largest absolute Gasteiger partial charge is 0.496 e. The van der Waals surface area contributed by atoms with Crippen LogP contribution in [0.3, 0.4) is 0 Å². The Balaban J connectivity index is 1.77. The Labute approximate surface area is 138 Å². The average molecular weight is 317 g/mol. The Hall–Kier alpha value is -3.41. The first-order chi connectivity index (χ1) is 11.8. The van der Waals surface area contributed by atoms with Gasteiger partial charge in [-0.05, 0) is 24.3 Å². The number of para-hydroxylation sites is 1. The number of aromatic amines is 1. The second-order valence-corrected chi connectivity index (χ2v) is 5.20. The molecule has 0 spiro atoms. The summed E-state index contributed by atoms with van der Waals surface area (Å²) < 4.78 is 5.45. The van der Waals surface area contributed by atoms with Crippen LogP contribution in [0.4, 0.5) is 11.6 Å². The van der Waals surface area contributed by atoms with Gasteiger partial charge in [0.05, 0.1) is 18.2 Å². The topological polar surface area (TPSA) is 75.7 Å². The minimum atomic E-state index is 0.538. The van der Waals surface area contributed by atoms with Crippen molar-refractivity contribution in [1.82, 2.24) is 19.9 Å². The lowest BCUT2D eigenvalue weighted by atomic mass is 10.1. The Morgan fingerprint density at radius 1 is 1.00 bits per heavy atom. The highest BCUT2D eigenvalue weighted by Crippen LogP contribution is 2.33.